The molecule has 0 bridgehead atoms. The largest absolute Gasteiger partial charge is 0.355 e. The van der Waals surface area contributed by atoms with E-state index in [0.717, 1.165) is 17.1 Å². The van der Waals surface area contributed by atoms with E-state index in [2.05, 4.69) is 5.32 Å². The van der Waals surface area contributed by atoms with E-state index in [9.17, 15) is 14.4 Å². The Morgan fingerprint density at radius 2 is 2.00 bits per heavy atom. The number of likely N-dealkylation sites (N-methyl/N-ethyl adjacent to an activating group) is 1. The van der Waals surface area contributed by atoms with Crippen LogP contribution in [0.1, 0.15) is 6.92 Å². The van der Waals surface area contributed by atoms with Crippen LogP contribution in [0.25, 0.3) is 0 Å². The molecule has 6 heteroatoms. The number of carbonyl (C=O) groups is 3. The van der Waals surface area contributed by atoms with Gasteiger partial charge in [0.05, 0.1) is 0 Å². The van der Waals surface area contributed by atoms with Crippen LogP contribution in [0.4, 0.5) is 0 Å². The van der Waals surface area contributed by atoms with Crippen LogP contribution >= 0.6 is 0 Å². The second-order valence-corrected chi connectivity index (χ2v) is 3.03. The van der Waals surface area contributed by atoms with Crippen LogP contribution < -0.4 is 11.1 Å². The Morgan fingerprint density at radius 1 is 1.47 bits per heavy atom. The fourth-order valence-corrected chi connectivity index (χ4v) is 1.34. The van der Waals surface area contributed by atoms with E-state index in [0.29, 0.717) is 6.54 Å². The lowest BCUT2D eigenvalue weighted by Crippen LogP contribution is -2.53. The molecule has 0 spiro atoms. The molecule has 3 amide bonds. The zero-order valence-corrected chi connectivity index (χ0v) is 8.40. The Morgan fingerprint density at radius 3 is 2.40 bits per heavy atom. The summed E-state index contributed by atoms with van der Waals surface area (Å²) in [6.45, 7) is 2.10. The average molecular weight is 211 g/mol. The van der Waals surface area contributed by atoms with Crippen LogP contribution in [-0.2, 0) is 14.4 Å². The first-order valence-corrected chi connectivity index (χ1v) is 4.64. The van der Waals surface area contributed by atoms with Gasteiger partial charge in [0.1, 0.15) is 6.04 Å². The second-order valence-electron chi connectivity index (χ2n) is 3.03. The smallest absolute Gasteiger partial charge is 0.254 e. The molecule has 1 aliphatic heterocycles. The first kappa shape index (κ1) is 11.4. The van der Waals surface area contributed by atoms with Gasteiger partial charge in [0.2, 0.25) is 5.91 Å². The van der Waals surface area contributed by atoms with E-state index >= 15 is 0 Å². The van der Waals surface area contributed by atoms with Crippen LogP contribution in [0, 0.1) is 0 Å². The molecule has 3 N–H and O–H groups in total. The van der Waals surface area contributed by atoms with Crippen molar-refractivity contribution in [3.8, 4) is 0 Å². The number of nitrogens with one attached hydrogen (secondary N) is 1. The van der Waals surface area contributed by atoms with Crippen molar-refractivity contribution in [3.05, 3.63) is 12.2 Å². The van der Waals surface area contributed by atoms with Crippen LogP contribution in [0.5, 0.6) is 0 Å². The molecule has 0 aliphatic carbocycles. The lowest BCUT2D eigenvalue weighted by molar-refractivity contribution is -0.145. The van der Waals surface area contributed by atoms with Crippen LogP contribution in [0.3, 0.4) is 0 Å². The Bertz CT molecular complexity index is 307. The monoisotopic (exact) mass is 211 g/mol. The molecule has 0 aromatic rings. The number of hydrogen-bond acceptors (Lipinski definition) is 4. The Labute approximate surface area is 87.1 Å². The molecule has 1 rings (SSSR count). The van der Waals surface area contributed by atoms with E-state index in [4.69, 9.17) is 5.73 Å². The number of nitrogens with zero attached hydrogens (tertiary/aromatic N) is 1. The summed E-state index contributed by atoms with van der Waals surface area (Å²) in [6, 6.07) is -0.917. The maximum Gasteiger partial charge on any atom is 0.254 e. The molecular weight excluding hydrogens is 198 g/mol. The third kappa shape index (κ3) is 2.21. The predicted molar refractivity (Wildman–Crippen MR) is 52.5 cm³/mol. The van der Waals surface area contributed by atoms with Gasteiger partial charge in [-0.2, -0.15) is 0 Å². The van der Waals surface area contributed by atoms with Crippen LogP contribution in [-0.4, -0.2) is 41.8 Å². The number of nitrogens with two attached hydrogens (primary N) is 1. The van der Waals surface area contributed by atoms with E-state index in [1.807, 2.05) is 0 Å². The molecule has 1 heterocycles. The van der Waals surface area contributed by atoms with Crippen molar-refractivity contribution in [2.45, 2.75) is 13.0 Å². The molecule has 0 fully saturated rings. The minimum Gasteiger partial charge on any atom is -0.355 e. The third-order valence-corrected chi connectivity index (χ3v) is 2.03. The lowest BCUT2D eigenvalue weighted by atomic mass is 10.2. The maximum atomic E-state index is 11.5. The lowest BCUT2D eigenvalue weighted by Gasteiger charge is -2.23. The Balaban J connectivity index is 2.79. The minimum atomic E-state index is -0.917. The minimum absolute atomic E-state index is 0.0784. The van der Waals surface area contributed by atoms with E-state index in [1.54, 1.807) is 6.92 Å². The summed E-state index contributed by atoms with van der Waals surface area (Å²) in [5.74, 6) is -1.41. The van der Waals surface area contributed by atoms with Crippen molar-refractivity contribution in [1.29, 1.82) is 0 Å². The van der Waals surface area contributed by atoms with Crippen LogP contribution in [0.2, 0.25) is 0 Å². The Hall–Kier alpha value is -1.69. The highest BCUT2D eigenvalue weighted by Gasteiger charge is 2.34. The molecule has 1 atom stereocenters. The molecule has 0 aromatic carbocycles. The number of carbonyl (C=O) groups excluding carboxylic acids is 3. The summed E-state index contributed by atoms with van der Waals surface area (Å²) in [7, 11) is 0. The van der Waals surface area contributed by atoms with Gasteiger partial charge in [0.15, 0.2) is 0 Å². The molecule has 0 radical (unpaired) electrons. The van der Waals surface area contributed by atoms with Gasteiger partial charge in [0.25, 0.3) is 11.8 Å². The van der Waals surface area contributed by atoms with Gasteiger partial charge >= 0.3 is 0 Å². The molecule has 0 saturated carbocycles. The van der Waals surface area contributed by atoms with Gasteiger partial charge in [0, 0.05) is 25.2 Å². The molecule has 15 heavy (non-hydrogen) atoms. The summed E-state index contributed by atoms with van der Waals surface area (Å²) in [4.78, 5) is 34.9. The van der Waals surface area contributed by atoms with E-state index in [-0.39, 0.29) is 6.54 Å². The predicted octanol–water partition coefficient (Wildman–Crippen LogP) is -1.63. The number of imide groups is 1. The molecule has 0 aromatic heterocycles. The van der Waals surface area contributed by atoms with Gasteiger partial charge < -0.3 is 11.1 Å². The second kappa shape index (κ2) is 4.70. The Kier molecular flexibility index (Phi) is 3.56. The SMILES string of the molecule is CCNC(=O)C(CN)N1C(=O)C=CC1=O. The number of rotatable bonds is 4. The van der Waals surface area contributed by atoms with Crippen molar-refractivity contribution in [3.63, 3.8) is 0 Å². The summed E-state index contributed by atoms with van der Waals surface area (Å²) in [5.41, 5.74) is 5.37. The summed E-state index contributed by atoms with van der Waals surface area (Å²) >= 11 is 0. The fraction of sp³-hybridized carbons (Fsp3) is 0.444. The summed E-state index contributed by atoms with van der Waals surface area (Å²) < 4.78 is 0. The molecule has 1 unspecified atom stereocenters. The maximum absolute atomic E-state index is 11.5. The molecule has 0 saturated heterocycles. The van der Waals surface area contributed by atoms with Crippen molar-refractivity contribution in [2.24, 2.45) is 5.73 Å². The van der Waals surface area contributed by atoms with E-state index in [1.165, 1.54) is 0 Å². The van der Waals surface area contributed by atoms with Gasteiger partial charge in [-0.1, -0.05) is 0 Å². The van der Waals surface area contributed by atoms with Crippen molar-refractivity contribution < 1.29 is 14.4 Å². The molecule has 6 nitrogen and oxygen atoms in total. The molecule has 82 valence electrons. The molecule has 1 aliphatic rings. The van der Waals surface area contributed by atoms with Gasteiger partial charge in [-0.3, -0.25) is 19.3 Å². The summed E-state index contributed by atoms with van der Waals surface area (Å²) in [6.07, 6.45) is 2.26. The van der Waals surface area contributed by atoms with Gasteiger partial charge in [-0.15, -0.1) is 0 Å². The van der Waals surface area contributed by atoms with Crippen molar-refractivity contribution >= 4 is 17.7 Å². The van der Waals surface area contributed by atoms with Crippen molar-refractivity contribution in [1.82, 2.24) is 10.2 Å². The van der Waals surface area contributed by atoms with E-state index < -0.39 is 23.8 Å². The van der Waals surface area contributed by atoms with Gasteiger partial charge in [-0.05, 0) is 6.92 Å². The quantitative estimate of drug-likeness (QED) is 0.546. The molecular formula is C9H13N3O3. The zero-order valence-electron chi connectivity index (χ0n) is 8.40. The van der Waals surface area contributed by atoms with Crippen molar-refractivity contribution in [2.75, 3.05) is 13.1 Å². The number of hydrogen-bond donors (Lipinski definition) is 2. The topological polar surface area (TPSA) is 92.5 Å². The number of amides is 3. The third-order valence-electron chi connectivity index (χ3n) is 2.03. The van der Waals surface area contributed by atoms with Crippen LogP contribution in [0.15, 0.2) is 12.2 Å². The zero-order chi connectivity index (χ0) is 11.4. The normalized spacial score (nSPS) is 17.1. The highest BCUT2D eigenvalue weighted by molar-refractivity contribution is 6.15. The standard InChI is InChI=1S/C9H13N3O3/c1-2-11-9(15)6(5-10)12-7(13)3-4-8(12)14/h3-4,6H,2,5,10H2,1H3,(H,11,15). The summed E-state index contributed by atoms with van der Waals surface area (Å²) in [5, 5.41) is 2.52. The van der Waals surface area contributed by atoms with Gasteiger partial charge in [-0.25, -0.2) is 0 Å². The highest BCUT2D eigenvalue weighted by atomic mass is 16.2. The first-order chi connectivity index (χ1) is 7.11. The average Bonchev–Trinajstić information content (AvgIpc) is 2.51. The first-order valence-electron chi connectivity index (χ1n) is 4.64. The fourth-order valence-electron chi connectivity index (χ4n) is 1.34. The highest BCUT2D eigenvalue weighted by Crippen LogP contribution is 2.08.